The Bertz CT molecular complexity index is 36.2. The summed E-state index contributed by atoms with van der Waals surface area (Å²) in [5.41, 5.74) is 5.47. The molecule has 1 rings (SSSR count). The molecule has 1 aliphatic heterocycles. The highest BCUT2D eigenvalue weighted by Gasteiger charge is 1.92. The third kappa shape index (κ3) is 6.73. The van der Waals surface area contributed by atoms with Gasteiger partial charge in [0.05, 0.1) is 6.61 Å². The zero-order valence-electron chi connectivity index (χ0n) is 5.05. The number of halogens is 2. The highest BCUT2D eigenvalue weighted by molar-refractivity contribution is 8.93. The highest BCUT2D eigenvalue weighted by atomic mass is 79.9. The van der Waals surface area contributed by atoms with E-state index >= 15 is 0 Å². The van der Waals surface area contributed by atoms with E-state index in [1.54, 1.807) is 0 Å². The molecule has 0 unspecified atom stereocenters. The first-order valence-corrected chi connectivity index (χ1v) is 2.60. The van der Waals surface area contributed by atoms with Crippen LogP contribution >= 0.6 is 34.0 Å². The summed E-state index contributed by atoms with van der Waals surface area (Å²) in [4.78, 5) is 4.83. The van der Waals surface area contributed by atoms with Crippen LogP contribution < -0.4 is 11.0 Å². The van der Waals surface area contributed by atoms with Crippen LogP contribution in [0.3, 0.4) is 0 Å². The molecule has 0 bridgehead atoms. The van der Waals surface area contributed by atoms with Crippen LogP contribution in [0.5, 0.6) is 0 Å². The number of rotatable bonds is 0. The monoisotopic (exact) mass is 262 g/mol. The van der Waals surface area contributed by atoms with Gasteiger partial charge < -0.3 is 0 Å². The molecule has 0 aromatic carbocycles. The molecule has 1 aliphatic rings. The Hall–Kier alpha value is 0.840. The molecule has 0 radical (unpaired) electrons. The van der Waals surface area contributed by atoms with E-state index in [1.807, 2.05) is 0 Å². The van der Waals surface area contributed by atoms with Gasteiger partial charge in [-0.3, -0.25) is 4.84 Å². The van der Waals surface area contributed by atoms with Crippen LogP contribution in [0.4, 0.5) is 0 Å². The van der Waals surface area contributed by atoms with Crippen molar-refractivity contribution in [2.45, 2.75) is 12.8 Å². The third-order valence-corrected chi connectivity index (χ3v) is 0.943. The Labute approximate surface area is 76.0 Å². The van der Waals surface area contributed by atoms with E-state index in [0.717, 1.165) is 19.6 Å². The minimum atomic E-state index is 0. The van der Waals surface area contributed by atoms with Gasteiger partial charge in [-0.05, 0) is 12.8 Å². The minimum Gasteiger partial charge on any atom is -0.287 e. The van der Waals surface area contributed by atoms with Crippen LogP contribution in [-0.2, 0) is 4.84 Å². The topological polar surface area (TPSA) is 33.3 Å². The standard InChI is InChI=1S/C4H10N2O.2BrH/c1-2-4-7-6-5-3-1;;/h5-6H,1-4H2;2*1H. The molecular formula is C4H12Br2N2O. The van der Waals surface area contributed by atoms with Gasteiger partial charge in [0.2, 0.25) is 0 Å². The van der Waals surface area contributed by atoms with E-state index in [9.17, 15) is 0 Å². The lowest BCUT2D eigenvalue weighted by molar-refractivity contribution is 0.0247. The van der Waals surface area contributed by atoms with Gasteiger partial charge in [-0.2, -0.15) is 0 Å². The maximum Gasteiger partial charge on any atom is 0.0699 e. The van der Waals surface area contributed by atoms with Gasteiger partial charge in [0.1, 0.15) is 0 Å². The summed E-state index contributed by atoms with van der Waals surface area (Å²) in [7, 11) is 0. The fraction of sp³-hybridized carbons (Fsp3) is 1.00. The molecule has 0 saturated carbocycles. The highest BCUT2D eigenvalue weighted by Crippen LogP contribution is 1.88. The van der Waals surface area contributed by atoms with Gasteiger partial charge in [0.25, 0.3) is 0 Å². The quantitative estimate of drug-likeness (QED) is 0.683. The molecule has 1 heterocycles. The van der Waals surface area contributed by atoms with Crippen LogP contribution in [0.1, 0.15) is 12.8 Å². The lowest BCUT2D eigenvalue weighted by atomic mass is 10.3. The molecule has 0 amide bonds. The van der Waals surface area contributed by atoms with E-state index < -0.39 is 0 Å². The number of hydrogen-bond donors (Lipinski definition) is 2. The molecule has 0 atom stereocenters. The van der Waals surface area contributed by atoms with Crippen LogP contribution in [0, 0.1) is 0 Å². The Kier molecular flexibility index (Phi) is 12.3. The first-order chi connectivity index (χ1) is 3.50. The molecule has 0 spiro atoms. The van der Waals surface area contributed by atoms with Crippen LogP contribution in [0.25, 0.3) is 0 Å². The van der Waals surface area contributed by atoms with Crippen LogP contribution in [0.15, 0.2) is 0 Å². The Morgan fingerprint density at radius 2 is 1.89 bits per heavy atom. The average Bonchev–Trinajstić information content (AvgIpc) is 1.90. The largest absolute Gasteiger partial charge is 0.287 e. The average molecular weight is 264 g/mol. The van der Waals surface area contributed by atoms with Gasteiger partial charge in [0, 0.05) is 6.54 Å². The molecule has 0 aromatic heterocycles. The molecule has 58 valence electrons. The summed E-state index contributed by atoms with van der Waals surface area (Å²) in [5, 5.41) is 0. The second-order valence-corrected chi connectivity index (χ2v) is 1.58. The second-order valence-electron chi connectivity index (χ2n) is 1.58. The summed E-state index contributed by atoms with van der Waals surface area (Å²) in [5.74, 6) is 0. The van der Waals surface area contributed by atoms with Crippen molar-refractivity contribution >= 4 is 34.0 Å². The van der Waals surface area contributed by atoms with Crippen molar-refractivity contribution in [2.75, 3.05) is 13.2 Å². The summed E-state index contributed by atoms with van der Waals surface area (Å²) < 4.78 is 0. The second kappa shape index (κ2) is 8.84. The lowest BCUT2D eigenvalue weighted by Crippen LogP contribution is -2.29. The van der Waals surface area contributed by atoms with Crippen molar-refractivity contribution in [2.24, 2.45) is 0 Å². The Balaban J connectivity index is 0. The molecule has 3 nitrogen and oxygen atoms in total. The van der Waals surface area contributed by atoms with E-state index in [2.05, 4.69) is 11.0 Å². The van der Waals surface area contributed by atoms with Crippen molar-refractivity contribution < 1.29 is 4.84 Å². The minimum absolute atomic E-state index is 0. The third-order valence-electron chi connectivity index (χ3n) is 0.943. The van der Waals surface area contributed by atoms with Crippen molar-refractivity contribution in [3.8, 4) is 0 Å². The van der Waals surface area contributed by atoms with E-state index in [0.29, 0.717) is 0 Å². The molecule has 5 heteroatoms. The number of hydrogen-bond acceptors (Lipinski definition) is 3. The van der Waals surface area contributed by atoms with Gasteiger partial charge in [-0.25, -0.2) is 5.43 Å². The summed E-state index contributed by atoms with van der Waals surface area (Å²) in [6.07, 6.45) is 2.35. The normalized spacial score (nSPS) is 18.7. The first kappa shape index (κ1) is 12.5. The summed E-state index contributed by atoms with van der Waals surface area (Å²) >= 11 is 0. The van der Waals surface area contributed by atoms with Crippen molar-refractivity contribution in [1.29, 1.82) is 0 Å². The maximum absolute atomic E-state index is 4.83. The molecular weight excluding hydrogens is 252 g/mol. The Morgan fingerprint density at radius 1 is 1.11 bits per heavy atom. The zero-order chi connectivity index (χ0) is 4.95. The maximum atomic E-state index is 4.83. The van der Waals surface area contributed by atoms with E-state index in [1.165, 1.54) is 6.42 Å². The molecule has 1 saturated heterocycles. The fourth-order valence-corrected chi connectivity index (χ4v) is 0.541. The van der Waals surface area contributed by atoms with Crippen molar-refractivity contribution in [3.05, 3.63) is 0 Å². The van der Waals surface area contributed by atoms with Crippen molar-refractivity contribution in [1.82, 2.24) is 11.0 Å². The van der Waals surface area contributed by atoms with Gasteiger partial charge >= 0.3 is 0 Å². The Morgan fingerprint density at radius 3 is 2.67 bits per heavy atom. The molecule has 9 heavy (non-hydrogen) atoms. The zero-order valence-corrected chi connectivity index (χ0v) is 8.48. The SMILES string of the molecule is Br.Br.C1CCONNC1. The molecule has 0 aromatic rings. The smallest absolute Gasteiger partial charge is 0.0699 e. The first-order valence-electron chi connectivity index (χ1n) is 2.60. The van der Waals surface area contributed by atoms with Crippen LogP contribution in [0.2, 0.25) is 0 Å². The molecule has 1 fully saturated rings. The molecule has 2 N–H and O–H groups in total. The van der Waals surface area contributed by atoms with Gasteiger partial charge in [-0.1, -0.05) is 0 Å². The van der Waals surface area contributed by atoms with Gasteiger partial charge in [0.15, 0.2) is 0 Å². The number of hydrazine groups is 1. The fourth-order valence-electron chi connectivity index (χ4n) is 0.541. The predicted octanol–water partition coefficient (Wildman–Crippen LogP) is 0.962. The van der Waals surface area contributed by atoms with E-state index in [4.69, 9.17) is 4.84 Å². The van der Waals surface area contributed by atoms with Crippen LogP contribution in [-0.4, -0.2) is 13.2 Å². The van der Waals surface area contributed by atoms with Gasteiger partial charge in [-0.15, -0.1) is 39.6 Å². The summed E-state index contributed by atoms with van der Waals surface area (Å²) in [6.45, 7) is 1.84. The molecule has 0 aliphatic carbocycles. The number of nitrogens with one attached hydrogen (secondary N) is 2. The van der Waals surface area contributed by atoms with E-state index in [-0.39, 0.29) is 34.0 Å². The predicted molar refractivity (Wildman–Crippen MR) is 47.0 cm³/mol. The lowest BCUT2D eigenvalue weighted by Gasteiger charge is -1.96. The van der Waals surface area contributed by atoms with Crippen molar-refractivity contribution in [3.63, 3.8) is 0 Å². The summed E-state index contributed by atoms with van der Waals surface area (Å²) in [6, 6.07) is 0.